The van der Waals surface area contributed by atoms with Crippen LogP contribution in [0.3, 0.4) is 0 Å². The number of fused-ring (bicyclic) bond motifs is 1. The van der Waals surface area contributed by atoms with Crippen LogP contribution in [0.5, 0.6) is 11.5 Å². The van der Waals surface area contributed by atoms with Crippen molar-refractivity contribution in [2.24, 2.45) is 5.10 Å². The van der Waals surface area contributed by atoms with E-state index in [0.717, 1.165) is 11.3 Å². The Balaban J connectivity index is 1.62. The number of allylic oxidation sites excluding steroid dienone is 1. The van der Waals surface area contributed by atoms with Gasteiger partial charge in [0.25, 0.3) is 5.91 Å². The van der Waals surface area contributed by atoms with Crippen LogP contribution in [0.1, 0.15) is 45.7 Å². The van der Waals surface area contributed by atoms with Crippen molar-refractivity contribution in [2.75, 3.05) is 18.6 Å². The lowest BCUT2D eigenvalue weighted by molar-refractivity contribution is -0.123. The molecule has 0 saturated heterocycles. The maximum Gasteiger partial charge on any atom is 0.277 e. The predicted molar refractivity (Wildman–Crippen MR) is 126 cm³/mol. The van der Waals surface area contributed by atoms with Gasteiger partial charge in [0, 0.05) is 17.3 Å². The fourth-order valence-corrected chi connectivity index (χ4v) is 4.12. The molecule has 6 nitrogen and oxygen atoms in total. The van der Waals surface area contributed by atoms with Gasteiger partial charge in [-0.1, -0.05) is 12.1 Å². The van der Waals surface area contributed by atoms with Gasteiger partial charge in [-0.3, -0.25) is 4.79 Å². The van der Waals surface area contributed by atoms with Gasteiger partial charge in [0.05, 0.1) is 18.9 Å². The standard InChI is InChI=1S/C25H31N3O3/c1-17(2)28-23-12-7-19(13-22(23)18(3)14-25(28,4)5)15-26-27-24(29)16-31-21-10-8-20(30-6)9-11-21/h7-15,17H,16H2,1-6H3,(H,27,29)/b26-15-. The van der Waals surface area contributed by atoms with E-state index >= 15 is 0 Å². The van der Waals surface area contributed by atoms with Gasteiger partial charge in [0.2, 0.25) is 0 Å². The summed E-state index contributed by atoms with van der Waals surface area (Å²) in [5.41, 5.74) is 7.03. The van der Waals surface area contributed by atoms with E-state index < -0.39 is 0 Å². The van der Waals surface area contributed by atoms with Crippen molar-refractivity contribution in [3.63, 3.8) is 0 Å². The van der Waals surface area contributed by atoms with Crippen LogP contribution in [0.15, 0.2) is 53.6 Å². The highest BCUT2D eigenvalue weighted by molar-refractivity contribution is 5.88. The molecule has 0 spiro atoms. The number of carbonyl (C=O) groups is 1. The summed E-state index contributed by atoms with van der Waals surface area (Å²) in [7, 11) is 1.60. The first kappa shape index (κ1) is 22.4. The number of benzene rings is 2. The number of amides is 1. The molecular weight excluding hydrogens is 390 g/mol. The second-order valence-corrected chi connectivity index (χ2v) is 8.48. The lowest BCUT2D eigenvalue weighted by Gasteiger charge is -2.46. The van der Waals surface area contributed by atoms with Crippen molar-refractivity contribution in [1.29, 1.82) is 0 Å². The van der Waals surface area contributed by atoms with E-state index in [1.807, 2.05) is 6.07 Å². The lowest BCUT2D eigenvalue weighted by atomic mass is 9.87. The molecule has 1 aliphatic heterocycles. The molecule has 0 bridgehead atoms. The van der Waals surface area contributed by atoms with Crippen LogP contribution < -0.4 is 19.8 Å². The van der Waals surface area contributed by atoms with E-state index in [1.165, 1.54) is 16.8 Å². The summed E-state index contributed by atoms with van der Waals surface area (Å²) in [6.45, 7) is 10.9. The highest BCUT2D eigenvalue weighted by Crippen LogP contribution is 2.40. The zero-order chi connectivity index (χ0) is 22.6. The van der Waals surface area contributed by atoms with Gasteiger partial charge < -0.3 is 14.4 Å². The molecule has 0 fully saturated rings. The van der Waals surface area contributed by atoms with E-state index in [2.05, 4.69) is 68.3 Å². The number of carbonyl (C=O) groups excluding carboxylic acids is 1. The predicted octanol–water partition coefficient (Wildman–Crippen LogP) is 4.63. The van der Waals surface area contributed by atoms with Gasteiger partial charge in [-0.15, -0.1) is 0 Å². The van der Waals surface area contributed by atoms with E-state index in [4.69, 9.17) is 9.47 Å². The Morgan fingerprint density at radius 1 is 1.16 bits per heavy atom. The van der Waals surface area contributed by atoms with Crippen molar-refractivity contribution in [3.05, 3.63) is 59.7 Å². The summed E-state index contributed by atoms with van der Waals surface area (Å²) in [6, 6.07) is 13.7. The molecule has 164 valence electrons. The minimum absolute atomic E-state index is 0.0429. The number of methoxy groups -OCH3 is 1. The number of hydrogen-bond donors (Lipinski definition) is 1. The average molecular weight is 422 g/mol. The highest BCUT2D eigenvalue weighted by atomic mass is 16.5. The molecule has 1 aliphatic rings. The summed E-state index contributed by atoms with van der Waals surface area (Å²) in [4.78, 5) is 14.4. The minimum Gasteiger partial charge on any atom is -0.497 e. The monoisotopic (exact) mass is 421 g/mol. The van der Waals surface area contributed by atoms with E-state index in [1.54, 1.807) is 37.6 Å². The first-order chi connectivity index (χ1) is 14.7. The number of ether oxygens (including phenoxy) is 2. The Hall–Kier alpha value is -3.28. The highest BCUT2D eigenvalue weighted by Gasteiger charge is 2.32. The molecule has 0 saturated carbocycles. The van der Waals surface area contributed by atoms with Crippen molar-refractivity contribution in [1.82, 2.24) is 5.43 Å². The number of anilines is 1. The third kappa shape index (κ3) is 5.26. The van der Waals surface area contributed by atoms with E-state index in [-0.39, 0.29) is 18.1 Å². The molecule has 2 aromatic rings. The average Bonchev–Trinajstić information content (AvgIpc) is 2.72. The summed E-state index contributed by atoms with van der Waals surface area (Å²) in [5, 5.41) is 4.08. The van der Waals surface area contributed by atoms with Gasteiger partial charge in [0.1, 0.15) is 11.5 Å². The van der Waals surface area contributed by atoms with Crippen molar-refractivity contribution >= 4 is 23.4 Å². The maximum absolute atomic E-state index is 12.0. The Labute approximate surface area is 184 Å². The number of rotatable bonds is 7. The summed E-state index contributed by atoms with van der Waals surface area (Å²) in [6.07, 6.45) is 3.95. The summed E-state index contributed by atoms with van der Waals surface area (Å²) >= 11 is 0. The Morgan fingerprint density at radius 2 is 1.84 bits per heavy atom. The van der Waals surface area contributed by atoms with Crippen molar-refractivity contribution in [3.8, 4) is 11.5 Å². The van der Waals surface area contributed by atoms with Gasteiger partial charge in [-0.25, -0.2) is 5.43 Å². The fraction of sp³-hybridized carbons (Fsp3) is 0.360. The van der Waals surface area contributed by atoms with Crippen LogP contribution in [0.2, 0.25) is 0 Å². The van der Waals surface area contributed by atoms with Crippen LogP contribution in [0.4, 0.5) is 5.69 Å². The molecule has 31 heavy (non-hydrogen) atoms. The van der Waals surface area contributed by atoms with Crippen LogP contribution >= 0.6 is 0 Å². The second-order valence-electron chi connectivity index (χ2n) is 8.48. The van der Waals surface area contributed by atoms with Crippen molar-refractivity contribution in [2.45, 2.75) is 46.2 Å². The second kappa shape index (κ2) is 9.25. The molecule has 3 rings (SSSR count). The molecule has 0 radical (unpaired) electrons. The molecule has 0 atom stereocenters. The molecule has 1 heterocycles. The third-order valence-electron chi connectivity index (χ3n) is 5.24. The first-order valence-electron chi connectivity index (χ1n) is 10.4. The normalized spacial score (nSPS) is 14.9. The molecule has 0 aromatic heterocycles. The SMILES string of the molecule is COc1ccc(OCC(=O)N/N=C\c2ccc3c(c2)C(C)=CC(C)(C)N3C(C)C)cc1. The van der Waals surface area contributed by atoms with Gasteiger partial charge in [0.15, 0.2) is 6.61 Å². The van der Waals surface area contributed by atoms with Crippen LogP contribution in [-0.4, -0.2) is 37.4 Å². The van der Waals surface area contributed by atoms with Crippen LogP contribution in [0, 0.1) is 0 Å². The van der Waals surface area contributed by atoms with Crippen LogP contribution in [0.25, 0.3) is 5.57 Å². The van der Waals surface area contributed by atoms with Crippen LogP contribution in [-0.2, 0) is 4.79 Å². The molecular formula is C25H31N3O3. The zero-order valence-electron chi connectivity index (χ0n) is 19.1. The maximum atomic E-state index is 12.0. The molecule has 1 amide bonds. The minimum atomic E-state index is -0.325. The Kier molecular flexibility index (Phi) is 6.68. The van der Waals surface area contributed by atoms with E-state index in [0.29, 0.717) is 11.8 Å². The quantitative estimate of drug-likeness (QED) is 0.523. The smallest absolute Gasteiger partial charge is 0.277 e. The first-order valence-corrected chi connectivity index (χ1v) is 10.4. The van der Waals surface area contributed by atoms with Crippen molar-refractivity contribution < 1.29 is 14.3 Å². The number of hydrogen-bond acceptors (Lipinski definition) is 5. The largest absolute Gasteiger partial charge is 0.497 e. The number of nitrogens with zero attached hydrogens (tertiary/aromatic N) is 2. The van der Waals surface area contributed by atoms with Gasteiger partial charge in [-0.2, -0.15) is 5.10 Å². The molecule has 2 aromatic carbocycles. The molecule has 0 aliphatic carbocycles. The molecule has 1 N–H and O–H groups in total. The topological polar surface area (TPSA) is 63.2 Å². The number of hydrazone groups is 1. The fourth-order valence-electron chi connectivity index (χ4n) is 4.12. The van der Waals surface area contributed by atoms with Gasteiger partial charge in [-0.05, 0) is 82.2 Å². The Morgan fingerprint density at radius 3 is 2.48 bits per heavy atom. The molecule has 6 heteroatoms. The third-order valence-corrected chi connectivity index (χ3v) is 5.24. The number of nitrogens with one attached hydrogen (secondary N) is 1. The summed E-state index contributed by atoms with van der Waals surface area (Å²) < 4.78 is 10.6. The van der Waals surface area contributed by atoms with E-state index in [9.17, 15) is 4.79 Å². The van der Waals surface area contributed by atoms with Gasteiger partial charge >= 0.3 is 0 Å². The summed E-state index contributed by atoms with van der Waals surface area (Å²) in [5.74, 6) is 1.000. The lowest BCUT2D eigenvalue weighted by Crippen LogP contribution is -2.49. The molecule has 0 unspecified atom stereocenters. The zero-order valence-corrected chi connectivity index (χ0v) is 19.1. The Bertz CT molecular complexity index is 992.